The molecule has 0 saturated carbocycles. The summed E-state index contributed by atoms with van der Waals surface area (Å²) in [6.07, 6.45) is 0. The third kappa shape index (κ3) is 2.93. The summed E-state index contributed by atoms with van der Waals surface area (Å²) < 4.78 is 0. The smallest absolute Gasteiger partial charge is 0.134 e. The van der Waals surface area contributed by atoms with Crippen LogP contribution in [0.15, 0.2) is 30.3 Å². The SMILES string of the molecule is Cc1ccc(C(C)Nc2ccc(O)c(Cl)c2)s1. The Labute approximate surface area is 110 Å². The van der Waals surface area contributed by atoms with Gasteiger partial charge in [0.15, 0.2) is 0 Å². The molecule has 0 fully saturated rings. The number of anilines is 1. The van der Waals surface area contributed by atoms with Gasteiger partial charge in [0, 0.05) is 15.4 Å². The molecule has 2 rings (SSSR count). The normalized spacial score (nSPS) is 12.4. The molecule has 1 atom stereocenters. The summed E-state index contributed by atoms with van der Waals surface area (Å²) in [5.41, 5.74) is 0.909. The molecule has 0 spiro atoms. The van der Waals surface area contributed by atoms with E-state index < -0.39 is 0 Å². The zero-order chi connectivity index (χ0) is 12.4. The number of phenolic OH excluding ortho intramolecular Hbond substituents is 1. The van der Waals surface area contributed by atoms with Crippen molar-refractivity contribution in [3.8, 4) is 5.75 Å². The first-order valence-corrected chi connectivity index (χ1v) is 6.57. The summed E-state index contributed by atoms with van der Waals surface area (Å²) in [7, 11) is 0. The molecule has 2 N–H and O–H groups in total. The van der Waals surface area contributed by atoms with Gasteiger partial charge in [-0.05, 0) is 44.2 Å². The Balaban J connectivity index is 2.12. The fourth-order valence-electron chi connectivity index (χ4n) is 1.60. The van der Waals surface area contributed by atoms with E-state index in [9.17, 15) is 5.11 Å². The number of rotatable bonds is 3. The third-order valence-electron chi connectivity index (χ3n) is 2.52. The number of hydrogen-bond acceptors (Lipinski definition) is 3. The number of aromatic hydroxyl groups is 1. The highest BCUT2D eigenvalue weighted by atomic mass is 35.5. The molecule has 1 heterocycles. The van der Waals surface area contributed by atoms with Gasteiger partial charge >= 0.3 is 0 Å². The molecule has 0 aliphatic carbocycles. The monoisotopic (exact) mass is 267 g/mol. The molecule has 4 heteroatoms. The highest BCUT2D eigenvalue weighted by Gasteiger charge is 2.08. The molecule has 1 aromatic heterocycles. The Morgan fingerprint density at radius 2 is 2.06 bits per heavy atom. The molecule has 0 saturated heterocycles. The summed E-state index contributed by atoms with van der Waals surface area (Å²) in [6.45, 7) is 4.20. The summed E-state index contributed by atoms with van der Waals surface area (Å²) in [4.78, 5) is 2.59. The van der Waals surface area contributed by atoms with E-state index in [0.29, 0.717) is 5.02 Å². The average Bonchev–Trinajstić information content (AvgIpc) is 2.70. The maximum absolute atomic E-state index is 9.34. The van der Waals surface area contributed by atoms with E-state index >= 15 is 0 Å². The van der Waals surface area contributed by atoms with Crippen molar-refractivity contribution in [2.75, 3.05) is 5.32 Å². The fourth-order valence-corrected chi connectivity index (χ4v) is 2.66. The summed E-state index contributed by atoms with van der Waals surface area (Å²) >= 11 is 7.64. The lowest BCUT2D eigenvalue weighted by Crippen LogP contribution is -2.04. The van der Waals surface area contributed by atoms with E-state index in [1.807, 2.05) is 6.07 Å². The summed E-state index contributed by atoms with van der Waals surface area (Å²) in [5, 5.41) is 13.1. The molecule has 0 bridgehead atoms. The van der Waals surface area contributed by atoms with Crippen molar-refractivity contribution in [1.82, 2.24) is 0 Å². The molecule has 0 aliphatic heterocycles. The second kappa shape index (κ2) is 4.98. The number of benzene rings is 1. The lowest BCUT2D eigenvalue weighted by atomic mass is 10.2. The van der Waals surface area contributed by atoms with Gasteiger partial charge in [-0.2, -0.15) is 0 Å². The Kier molecular flexibility index (Phi) is 3.60. The lowest BCUT2D eigenvalue weighted by molar-refractivity contribution is 0.475. The van der Waals surface area contributed by atoms with Gasteiger partial charge in [0.05, 0.1) is 11.1 Å². The van der Waals surface area contributed by atoms with Crippen molar-refractivity contribution in [3.63, 3.8) is 0 Å². The van der Waals surface area contributed by atoms with Crippen LogP contribution in [0.3, 0.4) is 0 Å². The van der Waals surface area contributed by atoms with E-state index in [2.05, 4.69) is 31.3 Å². The Bertz CT molecular complexity index is 524. The van der Waals surface area contributed by atoms with Gasteiger partial charge in [-0.25, -0.2) is 0 Å². The average molecular weight is 268 g/mol. The van der Waals surface area contributed by atoms with Crippen LogP contribution in [0.1, 0.15) is 22.7 Å². The molecule has 17 heavy (non-hydrogen) atoms. The highest BCUT2D eigenvalue weighted by Crippen LogP contribution is 2.30. The highest BCUT2D eigenvalue weighted by molar-refractivity contribution is 7.12. The molecular weight excluding hydrogens is 254 g/mol. The predicted octanol–water partition coefficient (Wildman–Crippen LogP) is 4.59. The van der Waals surface area contributed by atoms with E-state index in [1.54, 1.807) is 23.5 Å². The first kappa shape index (κ1) is 12.3. The lowest BCUT2D eigenvalue weighted by Gasteiger charge is -2.14. The van der Waals surface area contributed by atoms with Crippen molar-refractivity contribution in [2.45, 2.75) is 19.9 Å². The fraction of sp³-hybridized carbons (Fsp3) is 0.231. The summed E-state index contributed by atoms with van der Waals surface area (Å²) in [6, 6.07) is 9.61. The van der Waals surface area contributed by atoms with E-state index in [1.165, 1.54) is 9.75 Å². The zero-order valence-electron chi connectivity index (χ0n) is 9.70. The van der Waals surface area contributed by atoms with Crippen molar-refractivity contribution >= 4 is 28.6 Å². The number of nitrogens with one attached hydrogen (secondary N) is 1. The molecule has 2 nitrogen and oxygen atoms in total. The standard InChI is InChI=1S/C13H14ClNOS/c1-8-3-6-13(17-8)9(2)15-10-4-5-12(16)11(14)7-10/h3-7,9,15-16H,1-2H3. The van der Waals surface area contributed by atoms with Gasteiger partial charge in [0.1, 0.15) is 5.75 Å². The number of thiophene rings is 1. The van der Waals surface area contributed by atoms with Crippen molar-refractivity contribution in [2.24, 2.45) is 0 Å². The van der Waals surface area contributed by atoms with Crippen LogP contribution < -0.4 is 5.32 Å². The molecule has 1 aromatic carbocycles. The second-order valence-corrected chi connectivity index (χ2v) is 5.71. The minimum absolute atomic E-state index is 0.108. The Morgan fingerprint density at radius 3 is 2.65 bits per heavy atom. The van der Waals surface area contributed by atoms with Crippen LogP contribution in [0.2, 0.25) is 5.02 Å². The van der Waals surface area contributed by atoms with Crippen LogP contribution in [-0.2, 0) is 0 Å². The van der Waals surface area contributed by atoms with E-state index in [-0.39, 0.29) is 11.8 Å². The second-order valence-electron chi connectivity index (χ2n) is 3.98. The quantitative estimate of drug-likeness (QED) is 0.798. The maximum Gasteiger partial charge on any atom is 0.134 e. The van der Waals surface area contributed by atoms with Gasteiger partial charge < -0.3 is 10.4 Å². The maximum atomic E-state index is 9.34. The summed E-state index contributed by atoms with van der Waals surface area (Å²) in [5.74, 6) is 0.108. The number of aryl methyl sites for hydroxylation is 1. The third-order valence-corrected chi connectivity index (χ3v) is 4.00. The predicted molar refractivity (Wildman–Crippen MR) is 74.2 cm³/mol. The number of halogens is 1. The van der Waals surface area contributed by atoms with Gasteiger partial charge in [0.2, 0.25) is 0 Å². The van der Waals surface area contributed by atoms with Crippen molar-refractivity contribution < 1.29 is 5.11 Å². The molecule has 0 aliphatic rings. The van der Waals surface area contributed by atoms with Crippen LogP contribution in [0.25, 0.3) is 0 Å². The van der Waals surface area contributed by atoms with Crippen LogP contribution in [-0.4, -0.2) is 5.11 Å². The zero-order valence-corrected chi connectivity index (χ0v) is 11.3. The van der Waals surface area contributed by atoms with Gasteiger partial charge in [-0.15, -0.1) is 11.3 Å². The molecular formula is C13H14ClNOS. The topological polar surface area (TPSA) is 32.3 Å². The van der Waals surface area contributed by atoms with Gasteiger partial charge in [-0.1, -0.05) is 11.6 Å². The van der Waals surface area contributed by atoms with Crippen molar-refractivity contribution in [1.29, 1.82) is 0 Å². The largest absolute Gasteiger partial charge is 0.506 e. The van der Waals surface area contributed by atoms with Gasteiger partial charge in [-0.3, -0.25) is 0 Å². The van der Waals surface area contributed by atoms with Crippen molar-refractivity contribution in [3.05, 3.63) is 45.1 Å². The molecule has 0 amide bonds. The van der Waals surface area contributed by atoms with Crippen LogP contribution in [0.5, 0.6) is 5.75 Å². The first-order valence-electron chi connectivity index (χ1n) is 5.37. The minimum Gasteiger partial charge on any atom is -0.506 e. The van der Waals surface area contributed by atoms with Gasteiger partial charge in [0.25, 0.3) is 0 Å². The Hall–Kier alpha value is -1.19. The Morgan fingerprint density at radius 1 is 1.29 bits per heavy atom. The molecule has 1 unspecified atom stereocenters. The van der Waals surface area contributed by atoms with E-state index in [0.717, 1.165) is 5.69 Å². The molecule has 0 radical (unpaired) electrons. The van der Waals surface area contributed by atoms with Crippen LogP contribution in [0.4, 0.5) is 5.69 Å². The first-order chi connectivity index (χ1) is 8.06. The minimum atomic E-state index is 0.108. The molecule has 2 aromatic rings. The number of phenols is 1. The molecule has 90 valence electrons. The van der Waals surface area contributed by atoms with Crippen LogP contribution >= 0.6 is 22.9 Å². The van der Waals surface area contributed by atoms with Crippen LogP contribution in [0, 0.1) is 6.92 Å². The van der Waals surface area contributed by atoms with E-state index in [4.69, 9.17) is 11.6 Å². The number of hydrogen-bond donors (Lipinski definition) is 2.